The first-order valence-electron chi connectivity index (χ1n) is 9.75. The number of aliphatic imine (C=N–C) groups is 1. The van der Waals surface area contributed by atoms with Crippen molar-refractivity contribution < 1.29 is 17.9 Å². The molecular formula is C18H35N3O4S. The molecule has 2 fully saturated rings. The predicted molar refractivity (Wildman–Crippen MR) is 104 cm³/mol. The van der Waals surface area contributed by atoms with Gasteiger partial charge in [-0.05, 0) is 26.2 Å². The van der Waals surface area contributed by atoms with E-state index in [0.717, 1.165) is 19.0 Å². The van der Waals surface area contributed by atoms with Gasteiger partial charge in [0.1, 0.15) is 9.84 Å². The topological polar surface area (TPSA) is 89.0 Å². The summed E-state index contributed by atoms with van der Waals surface area (Å²) >= 11 is 0. The molecule has 0 aromatic rings. The Balaban J connectivity index is 1.75. The second-order valence-corrected chi connectivity index (χ2v) is 9.67. The van der Waals surface area contributed by atoms with Gasteiger partial charge >= 0.3 is 0 Å². The average Bonchev–Trinajstić information content (AvgIpc) is 2.61. The van der Waals surface area contributed by atoms with Gasteiger partial charge in [-0.25, -0.2) is 8.42 Å². The minimum atomic E-state index is -2.96. The van der Waals surface area contributed by atoms with Crippen molar-refractivity contribution in [2.24, 2.45) is 10.4 Å². The third kappa shape index (κ3) is 5.82. The summed E-state index contributed by atoms with van der Waals surface area (Å²) in [6.45, 7) is 4.12. The molecule has 2 aliphatic rings. The molecule has 2 saturated carbocycles. The second kappa shape index (κ2) is 9.90. The smallest absolute Gasteiger partial charge is 0.191 e. The largest absolute Gasteiger partial charge is 0.379 e. The molecule has 8 heteroatoms. The molecule has 0 aromatic carbocycles. The van der Waals surface area contributed by atoms with Crippen LogP contribution >= 0.6 is 0 Å². The van der Waals surface area contributed by atoms with E-state index < -0.39 is 9.84 Å². The van der Waals surface area contributed by atoms with Crippen LogP contribution in [0.2, 0.25) is 0 Å². The van der Waals surface area contributed by atoms with Crippen molar-refractivity contribution >= 4 is 15.8 Å². The second-order valence-electron chi connectivity index (χ2n) is 7.41. The van der Waals surface area contributed by atoms with Gasteiger partial charge in [-0.15, -0.1) is 0 Å². The van der Waals surface area contributed by atoms with Crippen molar-refractivity contribution in [2.45, 2.75) is 57.6 Å². The minimum absolute atomic E-state index is 0.0589. The highest BCUT2D eigenvalue weighted by Gasteiger charge is 2.55. The van der Waals surface area contributed by atoms with Crippen LogP contribution in [-0.2, 0) is 19.3 Å². The summed E-state index contributed by atoms with van der Waals surface area (Å²) < 4.78 is 33.5. The van der Waals surface area contributed by atoms with Crippen LogP contribution < -0.4 is 10.6 Å². The molecule has 2 atom stereocenters. The van der Waals surface area contributed by atoms with Crippen molar-refractivity contribution in [3.05, 3.63) is 0 Å². The first kappa shape index (κ1) is 21.4. The monoisotopic (exact) mass is 389 g/mol. The number of hydrogen-bond acceptors (Lipinski definition) is 5. The van der Waals surface area contributed by atoms with Crippen molar-refractivity contribution in [3.63, 3.8) is 0 Å². The fraction of sp³-hybridized carbons (Fsp3) is 0.944. The fourth-order valence-corrected chi connectivity index (χ4v) is 4.60. The van der Waals surface area contributed by atoms with Crippen LogP contribution in [0.5, 0.6) is 0 Å². The van der Waals surface area contributed by atoms with Gasteiger partial charge in [0, 0.05) is 37.9 Å². The SMILES string of the molecule is CCOC1CC(NC(=NC)NCCOCCS(C)(=O)=O)C12CCCCC2. The zero-order valence-electron chi connectivity index (χ0n) is 16.4. The van der Waals surface area contributed by atoms with Crippen molar-refractivity contribution in [3.8, 4) is 0 Å². The van der Waals surface area contributed by atoms with Crippen LogP contribution in [0.1, 0.15) is 45.4 Å². The lowest BCUT2D eigenvalue weighted by molar-refractivity contribution is -0.145. The number of rotatable bonds is 9. The Hall–Kier alpha value is -0.860. The summed E-state index contributed by atoms with van der Waals surface area (Å²) in [4.78, 5) is 4.32. The molecule has 2 aliphatic carbocycles. The molecule has 0 heterocycles. The highest BCUT2D eigenvalue weighted by molar-refractivity contribution is 7.90. The Bertz CT molecular complexity index is 559. The van der Waals surface area contributed by atoms with Gasteiger partial charge < -0.3 is 20.1 Å². The zero-order valence-corrected chi connectivity index (χ0v) is 17.2. The van der Waals surface area contributed by atoms with E-state index >= 15 is 0 Å². The first-order chi connectivity index (χ1) is 12.4. The molecule has 26 heavy (non-hydrogen) atoms. The van der Waals surface area contributed by atoms with Crippen LogP contribution in [0, 0.1) is 5.41 Å². The third-order valence-corrected chi connectivity index (χ3v) is 6.52. The van der Waals surface area contributed by atoms with Gasteiger partial charge in [0.25, 0.3) is 0 Å². The van der Waals surface area contributed by atoms with Gasteiger partial charge in [0.05, 0.1) is 25.1 Å². The molecule has 2 rings (SSSR count). The average molecular weight is 390 g/mol. The maximum atomic E-state index is 11.1. The molecule has 0 bridgehead atoms. The quantitative estimate of drug-likeness (QED) is 0.351. The summed E-state index contributed by atoms with van der Waals surface area (Å²) in [6.07, 6.45) is 8.94. The van der Waals surface area contributed by atoms with Crippen molar-refractivity contribution in [1.29, 1.82) is 0 Å². The molecular weight excluding hydrogens is 354 g/mol. The molecule has 0 aliphatic heterocycles. The van der Waals surface area contributed by atoms with Crippen LogP contribution in [0.15, 0.2) is 4.99 Å². The van der Waals surface area contributed by atoms with E-state index in [1.165, 1.54) is 38.4 Å². The van der Waals surface area contributed by atoms with Gasteiger partial charge in [0.2, 0.25) is 0 Å². The Labute approximate surface area is 158 Å². The molecule has 0 saturated heterocycles. The van der Waals surface area contributed by atoms with E-state index in [9.17, 15) is 8.42 Å². The van der Waals surface area contributed by atoms with Crippen LogP contribution in [0.3, 0.4) is 0 Å². The highest BCUT2D eigenvalue weighted by Crippen LogP contribution is 2.53. The van der Waals surface area contributed by atoms with Crippen molar-refractivity contribution in [2.75, 3.05) is 45.4 Å². The van der Waals surface area contributed by atoms with Gasteiger partial charge in [-0.1, -0.05) is 19.3 Å². The fourth-order valence-electron chi connectivity index (χ4n) is 4.18. The molecule has 1 spiro atoms. The molecule has 7 nitrogen and oxygen atoms in total. The number of guanidine groups is 1. The summed E-state index contributed by atoms with van der Waals surface area (Å²) in [5.41, 5.74) is 0.248. The predicted octanol–water partition coefficient (Wildman–Crippen LogP) is 1.34. The lowest BCUT2D eigenvalue weighted by Crippen LogP contribution is -2.66. The third-order valence-electron chi connectivity index (χ3n) is 5.61. The molecule has 152 valence electrons. The Morgan fingerprint density at radius 3 is 2.58 bits per heavy atom. The van der Waals surface area contributed by atoms with Gasteiger partial charge in [-0.3, -0.25) is 4.99 Å². The van der Waals surface area contributed by atoms with E-state index in [2.05, 4.69) is 22.5 Å². The number of sulfone groups is 1. The molecule has 0 amide bonds. The Morgan fingerprint density at radius 1 is 1.23 bits per heavy atom. The summed E-state index contributed by atoms with van der Waals surface area (Å²) in [5, 5.41) is 6.83. The van der Waals surface area contributed by atoms with Crippen LogP contribution in [-0.4, -0.2) is 71.9 Å². The van der Waals surface area contributed by atoms with E-state index in [4.69, 9.17) is 9.47 Å². The van der Waals surface area contributed by atoms with Gasteiger partial charge in [0.15, 0.2) is 5.96 Å². The summed E-state index contributed by atoms with van der Waals surface area (Å²) in [7, 11) is -1.19. The van der Waals surface area contributed by atoms with E-state index in [1.54, 1.807) is 7.05 Å². The van der Waals surface area contributed by atoms with Crippen molar-refractivity contribution in [1.82, 2.24) is 10.6 Å². The molecule has 0 radical (unpaired) electrons. The molecule has 0 aromatic heterocycles. The summed E-state index contributed by atoms with van der Waals surface area (Å²) in [6, 6.07) is 0.400. The number of ether oxygens (including phenoxy) is 2. The maximum absolute atomic E-state index is 11.1. The maximum Gasteiger partial charge on any atom is 0.191 e. The molecule has 2 unspecified atom stereocenters. The number of hydrogen-bond donors (Lipinski definition) is 2. The standard InChI is InChI=1S/C18H35N3O4S/c1-4-25-16-14-15(18(16)8-6-5-7-9-18)21-17(19-2)20-10-11-24-12-13-26(3,22)23/h15-16H,4-14H2,1-3H3,(H2,19,20,21). The van der Waals surface area contributed by atoms with E-state index in [-0.39, 0.29) is 17.8 Å². The minimum Gasteiger partial charge on any atom is -0.379 e. The first-order valence-corrected chi connectivity index (χ1v) is 11.8. The molecule has 2 N–H and O–H groups in total. The van der Waals surface area contributed by atoms with Gasteiger partial charge in [-0.2, -0.15) is 0 Å². The summed E-state index contributed by atoms with van der Waals surface area (Å²) in [5.74, 6) is 0.838. The number of nitrogens with one attached hydrogen (secondary N) is 2. The van der Waals surface area contributed by atoms with E-state index in [0.29, 0.717) is 25.3 Å². The van der Waals surface area contributed by atoms with Crippen LogP contribution in [0.25, 0.3) is 0 Å². The Kier molecular flexibility index (Phi) is 8.16. The zero-order chi connectivity index (χ0) is 19.0. The van der Waals surface area contributed by atoms with E-state index in [1.807, 2.05) is 0 Å². The number of nitrogens with zero attached hydrogens (tertiary/aromatic N) is 1. The lowest BCUT2D eigenvalue weighted by Gasteiger charge is -2.57. The Morgan fingerprint density at radius 2 is 1.96 bits per heavy atom. The highest BCUT2D eigenvalue weighted by atomic mass is 32.2. The van der Waals surface area contributed by atoms with Crippen LogP contribution in [0.4, 0.5) is 0 Å². The lowest BCUT2D eigenvalue weighted by atomic mass is 9.55. The normalized spacial score (nSPS) is 25.7.